The van der Waals surface area contributed by atoms with Crippen LogP contribution < -0.4 is 15.0 Å². The monoisotopic (exact) mass is 521 g/mol. The Bertz CT molecular complexity index is 810. The van der Waals surface area contributed by atoms with E-state index in [4.69, 9.17) is 4.74 Å². The van der Waals surface area contributed by atoms with Crippen molar-refractivity contribution in [1.29, 1.82) is 0 Å². The molecule has 1 N–H and O–H groups in total. The quantitative estimate of drug-likeness (QED) is 0.594. The molecule has 0 unspecified atom stereocenters. The number of para-hydroxylation sites is 1. The summed E-state index contributed by atoms with van der Waals surface area (Å²) >= 11 is 7.43. The number of hydrogen-bond donors (Lipinski definition) is 1. The molecule has 0 spiro atoms. The minimum Gasteiger partial charge on any atom is -0.489 e. The Balaban J connectivity index is 1.34. The van der Waals surface area contributed by atoms with E-state index in [9.17, 15) is 0 Å². The molecule has 156 valence electrons. The maximum atomic E-state index is 6.21. The van der Waals surface area contributed by atoms with E-state index in [0.717, 1.165) is 68.9 Å². The normalized spacial score (nSPS) is 19.2. The van der Waals surface area contributed by atoms with Crippen LogP contribution in [0.4, 0.5) is 5.69 Å². The van der Waals surface area contributed by atoms with Crippen LogP contribution in [0.3, 0.4) is 0 Å². The number of rotatable bonds is 5. The number of nitrogens with one attached hydrogen (secondary N) is 1. The van der Waals surface area contributed by atoms with Crippen molar-refractivity contribution in [1.82, 2.24) is 10.2 Å². The second kappa shape index (κ2) is 10.3. The zero-order chi connectivity index (χ0) is 20.1. The van der Waals surface area contributed by atoms with E-state index in [1.807, 2.05) is 0 Å². The molecule has 2 aromatic carbocycles. The van der Waals surface area contributed by atoms with Crippen LogP contribution in [0.5, 0.6) is 5.75 Å². The molecule has 2 heterocycles. The Kier molecular flexibility index (Phi) is 7.51. The third-order valence-electron chi connectivity index (χ3n) is 5.76. The van der Waals surface area contributed by atoms with Gasteiger partial charge < -0.3 is 15.0 Å². The first kappa shape index (κ1) is 21.2. The lowest BCUT2D eigenvalue weighted by molar-refractivity contribution is 0.161. The molecule has 2 aliphatic heterocycles. The summed E-state index contributed by atoms with van der Waals surface area (Å²) in [6, 6.07) is 15.1. The molecule has 2 fully saturated rings. The molecule has 4 nitrogen and oxygen atoms in total. The minimum absolute atomic E-state index is 0.326. The van der Waals surface area contributed by atoms with Gasteiger partial charge in [0.25, 0.3) is 0 Å². The van der Waals surface area contributed by atoms with E-state index in [1.165, 1.54) is 22.1 Å². The van der Waals surface area contributed by atoms with Crippen LogP contribution in [0.1, 0.15) is 24.8 Å². The summed E-state index contributed by atoms with van der Waals surface area (Å²) in [5, 5.41) is 3.39. The maximum Gasteiger partial charge on any atom is 0.133 e. The van der Waals surface area contributed by atoms with E-state index < -0.39 is 0 Å². The summed E-state index contributed by atoms with van der Waals surface area (Å²) < 4.78 is 8.46. The van der Waals surface area contributed by atoms with Crippen LogP contribution in [-0.2, 0) is 6.54 Å². The number of ether oxygens (including phenoxy) is 1. The van der Waals surface area contributed by atoms with E-state index in [2.05, 4.69) is 89.4 Å². The highest BCUT2D eigenvalue weighted by atomic mass is 79.9. The highest BCUT2D eigenvalue weighted by Gasteiger charge is 2.18. The van der Waals surface area contributed by atoms with Gasteiger partial charge in [0.05, 0.1) is 10.2 Å². The van der Waals surface area contributed by atoms with Crippen molar-refractivity contribution in [3.63, 3.8) is 0 Å². The van der Waals surface area contributed by atoms with Gasteiger partial charge in [-0.15, -0.1) is 0 Å². The van der Waals surface area contributed by atoms with Gasteiger partial charge in [-0.2, -0.15) is 0 Å². The molecule has 4 rings (SSSR count). The second-order valence-corrected chi connectivity index (χ2v) is 9.61. The fourth-order valence-corrected chi connectivity index (χ4v) is 5.22. The Morgan fingerprint density at radius 2 is 1.76 bits per heavy atom. The maximum absolute atomic E-state index is 6.21. The van der Waals surface area contributed by atoms with Gasteiger partial charge in [0.1, 0.15) is 11.9 Å². The zero-order valence-corrected chi connectivity index (χ0v) is 19.9. The van der Waals surface area contributed by atoms with Crippen molar-refractivity contribution in [2.45, 2.75) is 31.9 Å². The molecule has 0 aliphatic carbocycles. The summed E-state index contributed by atoms with van der Waals surface area (Å²) in [5.74, 6) is 0.969. The Morgan fingerprint density at radius 1 is 0.931 bits per heavy atom. The fourth-order valence-electron chi connectivity index (χ4n) is 4.17. The highest BCUT2D eigenvalue weighted by Crippen LogP contribution is 2.30. The van der Waals surface area contributed by atoms with Gasteiger partial charge in [0, 0.05) is 37.2 Å². The molecule has 0 atom stereocenters. The van der Waals surface area contributed by atoms with Gasteiger partial charge in [0.2, 0.25) is 0 Å². The molecule has 29 heavy (non-hydrogen) atoms. The first-order valence-corrected chi connectivity index (χ1v) is 12.2. The first-order valence-electron chi connectivity index (χ1n) is 10.6. The average molecular weight is 523 g/mol. The molecule has 0 amide bonds. The van der Waals surface area contributed by atoms with Gasteiger partial charge >= 0.3 is 0 Å². The molecule has 0 aromatic heterocycles. The van der Waals surface area contributed by atoms with E-state index in [-0.39, 0.29) is 0 Å². The van der Waals surface area contributed by atoms with Crippen LogP contribution in [-0.4, -0.2) is 50.3 Å². The Hall–Kier alpha value is -1.08. The van der Waals surface area contributed by atoms with Gasteiger partial charge in [-0.3, -0.25) is 4.90 Å². The summed E-state index contributed by atoms with van der Waals surface area (Å²) in [7, 11) is 0. The van der Waals surface area contributed by atoms with Gasteiger partial charge in [-0.1, -0.05) is 18.2 Å². The number of nitrogens with zero attached hydrogens (tertiary/aromatic N) is 2. The average Bonchev–Trinajstić information content (AvgIpc) is 2.97. The smallest absolute Gasteiger partial charge is 0.133 e. The zero-order valence-electron chi connectivity index (χ0n) is 16.7. The summed E-state index contributed by atoms with van der Waals surface area (Å²) in [4.78, 5) is 5.06. The summed E-state index contributed by atoms with van der Waals surface area (Å²) in [6.45, 7) is 7.44. The molecule has 0 radical (unpaired) electrons. The van der Waals surface area contributed by atoms with Crippen molar-refractivity contribution in [3.05, 3.63) is 57.0 Å². The standard InChI is InChI=1S/C23H29Br2N3O/c24-20-4-1-2-5-22(20)28-13-3-12-27(14-15-28)17-18-6-7-23(21(25)16-18)29-19-8-10-26-11-9-19/h1-2,4-7,16,19,26H,3,8-15,17H2. The number of hydrogen-bond acceptors (Lipinski definition) is 4. The number of anilines is 1. The molecular formula is C23H29Br2N3O. The van der Waals surface area contributed by atoms with Gasteiger partial charge in [0.15, 0.2) is 0 Å². The van der Waals surface area contributed by atoms with E-state index >= 15 is 0 Å². The van der Waals surface area contributed by atoms with Crippen LogP contribution >= 0.6 is 31.9 Å². The predicted octanol–water partition coefficient (Wildman–Crippen LogP) is 5.05. The number of halogens is 2. The summed E-state index contributed by atoms with van der Waals surface area (Å²) in [6.07, 6.45) is 3.66. The van der Waals surface area contributed by atoms with Crippen LogP contribution in [0.15, 0.2) is 51.4 Å². The van der Waals surface area contributed by atoms with Gasteiger partial charge in [-0.25, -0.2) is 0 Å². The molecular weight excluding hydrogens is 494 g/mol. The molecule has 2 saturated heterocycles. The number of piperidine rings is 1. The summed E-state index contributed by atoms with van der Waals surface area (Å²) in [5.41, 5.74) is 2.64. The van der Waals surface area contributed by atoms with Crippen molar-refractivity contribution in [2.24, 2.45) is 0 Å². The second-order valence-electron chi connectivity index (χ2n) is 7.90. The molecule has 0 bridgehead atoms. The SMILES string of the molecule is Brc1cc(CN2CCCN(c3ccccc3Br)CC2)ccc1OC1CCNCC1. The molecule has 6 heteroatoms. The molecule has 0 saturated carbocycles. The van der Waals surface area contributed by atoms with Crippen LogP contribution in [0.25, 0.3) is 0 Å². The predicted molar refractivity (Wildman–Crippen MR) is 127 cm³/mol. The van der Waals surface area contributed by atoms with Crippen LogP contribution in [0.2, 0.25) is 0 Å². The Labute approximate surface area is 190 Å². The lowest BCUT2D eigenvalue weighted by Crippen LogP contribution is -2.34. The van der Waals surface area contributed by atoms with E-state index in [0.29, 0.717) is 6.10 Å². The van der Waals surface area contributed by atoms with Gasteiger partial charge in [-0.05, 0) is 94.0 Å². The highest BCUT2D eigenvalue weighted by molar-refractivity contribution is 9.11. The van der Waals surface area contributed by atoms with Crippen molar-refractivity contribution in [2.75, 3.05) is 44.2 Å². The van der Waals surface area contributed by atoms with E-state index in [1.54, 1.807) is 0 Å². The first-order chi connectivity index (χ1) is 14.2. The third kappa shape index (κ3) is 5.75. The lowest BCUT2D eigenvalue weighted by atomic mass is 10.1. The topological polar surface area (TPSA) is 27.7 Å². The van der Waals surface area contributed by atoms with Crippen LogP contribution in [0, 0.1) is 0 Å². The lowest BCUT2D eigenvalue weighted by Gasteiger charge is -2.25. The van der Waals surface area contributed by atoms with Crippen molar-refractivity contribution < 1.29 is 4.74 Å². The minimum atomic E-state index is 0.326. The number of benzene rings is 2. The van der Waals surface area contributed by atoms with Crippen molar-refractivity contribution in [3.8, 4) is 5.75 Å². The fraction of sp³-hybridized carbons (Fsp3) is 0.478. The molecule has 2 aliphatic rings. The molecule has 2 aromatic rings. The third-order valence-corrected chi connectivity index (χ3v) is 7.05. The van der Waals surface area contributed by atoms with Crippen molar-refractivity contribution >= 4 is 37.5 Å². The Morgan fingerprint density at radius 3 is 2.55 bits per heavy atom. The largest absolute Gasteiger partial charge is 0.489 e.